The van der Waals surface area contributed by atoms with E-state index in [0.29, 0.717) is 12.6 Å². The van der Waals surface area contributed by atoms with Crippen LogP contribution in [0.5, 0.6) is 0 Å². The van der Waals surface area contributed by atoms with Crippen molar-refractivity contribution < 1.29 is 13.9 Å². The third kappa shape index (κ3) is 3.39. The van der Waals surface area contributed by atoms with Gasteiger partial charge in [0, 0.05) is 25.3 Å². The lowest BCUT2D eigenvalue weighted by Crippen LogP contribution is -2.54. The van der Waals surface area contributed by atoms with Gasteiger partial charge in [0.1, 0.15) is 0 Å². The van der Waals surface area contributed by atoms with Gasteiger partial charge >= 0.3 is 0 Å². The lowest BCUT2D eigenvalue weighted by atomic mass is 10.0. The molecule has 2 aliphatic heterocycles. The highest BCUT2D eigenvalue weighted by atomic mass is 19.1. The molecule has 3 heterocycles. The summed E-state index contributed by atoms with van der Waals surface area (Å²) in [6, 6.07) is 1.91. The second-order valence-corrected chi connectivity index (χ2v) is 5.67. The van der Waals surface area contributed by atoms with Crippen LogP contribution in [0.2, 0.25) is 0 Å². The van der Waals surface area contributed by atoms with Crippen LogP contribution in [-0.2, 0) is 4.74 Å². The lowest BCUT2D eigenvalue weighted by molar-refractivity contribution is -0.0725. The number of hydrogen-bond acceptors (Lipinski definition) is 4. The van der Waals surface area contributed by atoms with Crippen LogP contribution >= 0.6 is 0 Å². The van der Waals surface area contributed by atoms with Gasteiger partial charge in [0.05, 0.1) is 24.5 Å². The summed E-state index contributed by atoms with van der Waals surface area (Å²) in [6.45, 7) is 3.08. The van der Waals surface area contributed by atoms with Crippen LogP contribution in [0.15, 0.2) is 18.5 Å². The maximum atomic E-state index is 13.5. The van der Waals surface area contributed by atoms with E-state index >= 15 is 0 Å². The zero-order valence-corrected chi connectivity index (χ0v) is 11.9. The first kappa shape index (κ1) is 14.4. The fourth-order valence-electron chi connectivity index (χ4n) is 3.04. The number of rotatable bonds is 3. The largest absolute Gasteiger partial charge is 0.373 e. The maximum Gasteiger partial charge on any atom is 0.254 e. The van der Waals surface area contributed by atoms with Gasteiger partial charge in [-0.25, -0.2) is 4.39 Å². The molecule has 1 aromatic rings. The summed E-state index contributed by atoms with van der Waals surface area (Å²) in [4.78, 5) is 18.0. The predicted octanol–water partition coefficient (Wildman–Crippen LogP) is 1.20. The van der Waals surface area contributed by atoms with Crippen LogP contribution in [0.4, 0.5) is 4.39 Å². The monoisotopic (exact) mass is 293 g/mol. The second-order valence-electron chi connectivity index (χ2n) is 5.67. The molecular weight excluding hydrogens is 273 g/mol. The molecule has 2 unspecified atom stereocenters. The Bertz CT molecular complexity index is 511. The fraction of sp³-hybridized carbons (Fsp3) is 0.600. The van der Waals surface area contributed by atoms with Crippen molar-refractivity contribution in [1.82, 2.24) is 15.2 Å². The van der Waals surface area contributed by atoms with E-state index in [2.05, 4.69) is 15.2 Å². The van der Waals surface area contributed by atoms with Gasteiger partial charge in [-0.1, -0.05) is 6.42 Å². The van der Waals surface area contributed by atoms with Crippen molar-refractivity contribution in [3.63, 3.8) is 0 Å². The minimum atomic E-state index is -0.601. The van der Waals surface area contributed by atoms with Crippen molar-refractivity contribution in [1.29, 1.82) is 0 Å². The van der Waals surface area contributed by atoms with Crippen molar-refractivity contribution in [3.8, 4) is 0 Å². The number of aromatic nitrogens is 1. The first-order valence-corrected chi connectivity index (χ1v) is 7.47. The van der Waals surface area contributed by atoms with Crippen molar-refractivity contribution >= 4 is 5.91 Å². The highest BCUT2D eigenvalue weighted by Gasteiger charge is 2.30. The number of ether oxygens (including phenoxy) is 1. The van der Waals surface area contributed by atoms with Crippen molar-refractivity contribution in [2.24, 2.45) is 0 Å². The molecule has 2 atom stereocenters. The van der Waals surface area contributed by atoms with Crippen LogP contribution in [0.25, 0.3) is 0 Å². The van der Waals surface area contributed by atoms with Gasteiger partial charge in [-0.2, -0.15) is 0 Å². The molecule has 2 saturated heterocycles. The molecule has 0 aliphatic carbocycles. The standard InChI is InChI=1S/C15H20FN3O2/c16-14-8-17-5-4-13(14)15(20)18-7-12-9-19-6-2-1-3-11(19)10-21-12/h4-5,8,11-12H,1-3,6-7,9-10H2,(H,18,20). The van der Waals surface area contributed by atoms with E-state index in [0.717, 1.165) is 25.9 Å². The van der Waals surface area contributed by atoms with Gasteiger partial charge in [-0.05, 0) is 25.5 Å². The number of morpholine rings is 1. The molecule has 2 aliphatic rings. The number of fused-ring (bicyclic) bond motifs is 1. The number of piperidine rings is 1. The van der Waals surface area contributed by atoms with Crippen molar-refractivity contribution in [2.45, 2.75) is 31.4 Å². The molecule has 0 bridgehead atoms. The van der Waals surface area contributed by atoms with Gasteiger partial charge in [0.2, 0.25) is 0 Å². The Morgan fingerprint density at radius 3 is 3.29 bits per heavy atom. The number of pyridine rings is 1. The average Bonchev–Trinajstić information content (AvgIpc) is 2.53. The van der Waals surface area contributed by atoms with Crippen molar-refractivity contribution in [2.75, 3.05) is 26.2 Å². The number of nitrogens with zero attached hydrogens (tertiary/aromatic N) is 2. The Kier molecular flexibility index (Phi) is 4.45. The number of hydrogen-bond donors (Lipinski definition) is 1. The normalized spacial score (nSPS) is 26.1. The molecule has 6 heteroatoms. The Morgan fingerprint density at radius 2 is 2.43 bits per heavy atom. The van der Waals surface area contributed by atoms with Gasteiger partial charge in [0.15, 0.2) is 5.82 Å². The minimum Gasteiger partial charge on any atom is -0.373 e. The summed E-state index contributed by atoms with van der Waals surface area (Å²) < 4.78 is 19.3. The Morgan fingerprint density at radius 1 is 1.52 bits per heavy atom. The first-order chi connectivity index (χ1) is 10.2. The molecule has 21 heavy (non-hydrogen) atoms. The van der Waals surface area contributed by atoms with Crippen LogP contribution in [0.1, 0.15) is 29.6 Å². The number of carbonyl (C=O) groups is 1. The second kappa shape index (κ2) is 6.49. The third-order valence-corrected chi connectivity index (χ3v) is 4.22. The minimum absolute atomic E-state index is 0.0202. The Labute approximate surface area is 123 Å². The van der Waals surface area contributed by atoms with Crippen molar-refractivity contribution in [3.05, 3.63) is 29.8 Å². The molecule has 1 aromatic heterocycles. The third-order valence-electron chi connectivity index (χ3n) is 4.22. The molecule has 1 amide bonds. The number of nitrogens with one attached hydrogen (secondary N) is 1. The van der Waals surface area contributed by atoms with E-state index < -0.39 is 11.7 Å². The number of carbonyl (C=O) groups excluding carboxylic acids is 1. The lowest BCUT2D eigenvalue weighted by Gasteiger charge is -2.42. The summed E-state index contributed by atoms with van der Waals surface area (Å²) in [5.74, 6) is -1.02. The predicted molar refractivity (Wildman–Crippen MR) is 75.5 cm³/mol. The van der Waals surface area contributed by atoms with Gasteiger partial charge in [0.25, 0.3) is 5.91 Å². The van der Waals surface area contributed by atoms with E-state index in [9.17, 15) is 9.18 Å². The zero-order chi connectivity index (χ0) is 14.7. The summed E-state index contributed by atoms with van der Waals surface area (Å²) in [5.41, 5.74) is 0.0247. The highest BCUT2D eigenvalue weighted by molar-refractivity contribution is 5.94. The van der Waals surface area contributed by atoms with E-state index in [-0.39, 0.29) is 11.7 Å². The van der Waals surface area contributed by atoms with E-state index in [1.54, 1.807) is 0 Å². The molecule has 2 fully saturated rings. The molecular formula is C15H20FN3O2. The number of halogens is 1. The smallest absolute Gasteiger partial charge is 0.254 e. The van der Waals surface area contributed by atoms with Crippen LogP contribution < -0.4 is 5.32 Å². The molecule has 0 radical (unpaired) electrons. The summed E-state index contributed by atoms with van der Waals surface area (Å²) in [6.07, 6.45) is 6.14. The SMILES string of the molecule is O=C(NCC1CN2CCCCC2CO1)c1ccncc1F. The van der Waals surface area contributed by atoms with E-state index in [4.69, 9.17) is 4.74 Å². The average molecular weight is 293 g/mol. The van der Waals surface area contributed by atoms with E-state index in [1.807, 2.05) is 0 Å². The quantitative estimate of drug-likeness (QED) is 0.910. The first-order valence-electron chi connectivity index (χ1n) is 7.47. The molecule has 0 saturated carbocycles. The van der Waals surface area contributed by atoms with E-state index in [1.165, 1.54) is 31.5 Å². The zero-order valence-electron chi connectivity index (χ0n) is 11.9. The molecule has 114 valence electrons. The highest BCUT2D eigenvalue weighted by Crippen LogP contribution is 2.21. The van der Waals surface area contributed by atoms with Crippen LogP contribution in [0, 0.1) is 5.82 Å². The Balaban J connectivity index is 1.51. The summed E-state index contributed by atoms with van der Waals surface area (Å²) >= 11 is 0. The molecule has 0 aromatic carbocycles. The molecule has 0 spiro atoms. The maximum absolute atomic E-state index is 13.5. The van der Waals surface area contributed by atoms with Gasteiger partial charge in [-0.3, -0.25) is 14.7 Å². The summed E-state index contributed by atoms with van der Waals surface area (Å²) in [5, 5.41) is 2.75. The molecule has 1 N–H and O–H groups in total. The Hall–Kier alpha value is -1.53. The van der Waals surface area contributed by atoms with Gasteiger partial charge < -0.3 is 10.1 Å². The molecule has 3 rings (SSSR count). The summed E-state index contributed by atoms with van der Waals surface area (Å²) in [7, 11) is 0. The topological polar surface area (TPSA) is 54.5 Å². The number of amides is 1. The van der Waals surface area contributed by atoms with Gasteiger partial charge in [-0.15, -0.1) is 0 Å². The fourth-order valence-corrected chi connectivity index (χ4v) is 3.04. The molecule has 5 nitrogen and oxygen atoms in total. The van der Waals surface area contributed by atoms with Crippen LogP contribution in [-0.4, -0.2) is 54.2 Å². The van der Waals surface area contributed by atoms with Crippen LogP contribution in [0.3, 0.4) is 0 Å².